The smallest absolute Gasteiger partial charge is 0.0995 e. The molecule has 0 spiro atoms. The predicted molar refractivity (Wildman–Crippen MR) is 80.2 cm³/mol. The summed E-state index contributed by atoms with van der Waals surface area (Å²) in [5.74, 6) is 0.630. The molecule has 2 heteroatoms. The molecule has 2 aromatic rings. The van der Waals surface area contributed by atoms with Gasteiger partial charge in [-0.1, -0.05) is 48.5 Å². The third kappa shape index (κ3) is 2.74. The molecule has 1 aliphatic heterocycles. The highest BCUT2D eigenvalue weighted by molar-refractivity contribution is 5.37. The van der Waals surface area contributed by atoms with Crippen molar-refractivity contribution < 1.29 is 0 Å². The van der Waals surface area contributed by atoms with Crippen LogP contribution in [0.2, 0.25) is 0 Å². The maximum absolute atomic E-state index is 9.15. The molecule has 0 aromatic heterocycles. The van der Waals surface area contributed by atoms with Crippen LogP contribution in [0.1, 0.15) is 29.0 Å². The molecular formula is C18H18N2. The molecule has 0 N–H and O–H groups in total. The van der Waals surface area contributed by atoms with Gasteiger partial charge in [-0.05, 0) is 36.1 Å². The first-order valence-electron chi connectivity index (χ1n) is 7.12. The van der Waals surface area contributed by atoms with Gasteiger partial charge >= 0.3 is 0 Å². The van der Waals surface area contributed by atoms with Gasteiger partial charge in [-0.2, -0.15) is 5.26 Å². The van der Waals surface area contributed by atoms with Gasteiger partial charge in [0.05, 0.1) is 11.6 Å². The molecule has 2 aromatic carbocycles. The van der Waals surface area contributed by atoms with E-state index in [1.165, 1.54) is 12.0 Å². The van der Waals surface area contributed by atoms with Crippen molar-refractivity contribution in [3.63, 3.8) is 0 Å². The zero-order chi connectivity index (χ0) is 13.8. The Morgan fingerprint density at radius 2 is 1.80 bits per heavy atom. The molecule has 0 radical (unpaired) electrons. The van der Waals surface area contributed by atoms with Crippen LogP contribution in [0.4, 0.5) is 0 Å². The first-order valence-corrected chi connectivity index (χ1v) is 7.12. The van der Waals surface area contributed by atoms with Crippen LogP contribution in [0.25, 0.3) is 0 Å². The van der Waals surface area contributed by atoms with Crippen LogP contribution in [0, 0.1) is 11.3 Å². The van der Waals surface area contributed by atoms with E-state index in [1.807, 2.05) is 18.2 Å². The summed E-state index contributed by atoms with van der Waals surface area (Å²) in [4.78, 5) is 2.45. The van der Waals surface area contributed by atoms with E-state index in [0.29, 0.717) is 5.92 Å². The van der Waals surface area contributed by atoms with Crippen molar-refractivity contribution in [3.05, 3.63) is 71.3 Å². The highest BCUT2D eigenvalue weighted by atomic mass is 15.1. The maximum Gasteiger partial charge on any atom is 0.0995 e. The Morgan fingerprint density at radius 1 is 1.05 bits per heavy atom. The number of hydrogen-bond donors (Lipinski definition) is 0. The Kier molecular flexibility index (Phi) is 3.80. The predicted octanol–water partition coefficient (Wildman–Crippen LogP) is 3.55. The Balaban J connectivity index is 1.68. The standard InChI is InChI=1S/C18H18N2/c19-12-16-8-4-5-9-17(16)13-20-11-10-18(14-20)15-6-2-1-3-7-15/h1-9,18H,10-11,13-14H2. The average molecular weight is 262 g/mol. The fourth-order valence-corrected chi connectivity index (χ4v) is 2.98. The molecule has 0 saturated carbocycles. The summed E-state index contributed by atoms with van der Waals surface area (Å²) < 4.78 is 0. The molecule has 1 saturated heterocycles. The van der Waals surface area contributed by atoms with Crippen molar-refractivity contribution in [2.24, 2.45) is 0 Å². The van der Waals surface area contributed by atoms with Crippen LogP contribution in [0.3, 0.4) is 0 Å². The lowest BCUT2D eigenvalue weighted by molar-refractivity contribution is 0.326. The molecule has 1 fully saturated rings. The van der Waals surface area contributed by atoms with Gasteiger partial charge in [0, 0.05) is 13.1 Å². The molecule has 0 amide bonds. The van der Waals surface area contributed by atoms with Crippen molar-refractivity contribution in [1.82, 2.24) is 4.90 Å². The molecule has 1 aliphatic rings. The van der Waals surface area contributed by atoms with Gasteiger partial charge in [0.25, 0.3) is 0 Å². The van der Waals surface area contributed by atoms with Gasteiger partial charge in [-0.15, -0.1) is 0 Å². The molecule has 0 bridgehead atoms. The summed E-state index contributed by atoms with van der Waals surface area (Å²) >= 11 is 0. The first-order chi connectivity index (χ1) is 9.86. The van der Waals surface area contributed by atoms with E-state index in [2.05, 4.69) is 47.4 Å². The summed E-state index contributed by atoms with van der Waals surface area (Å²) in [7, 11) is 0. The molecule has 1 atom stereocenters. The van der Waals surface area contributed by atoms with Crippen molar-refractivity contribution in [2.75, 3.05) is 13.1 Å². The highest BCUT2D eigenvalue weighted by Crippen LogP contribution is 2.28. The summed E-state index contributed by atoms with van der Waals surface area (Å²) in [5.41, 5.74) is 3.38. The summed E-state index contributed by atoms with van der Waals surface area (Å²) in [6, 6.07) is 20.9. The Labute approximate surface area is 120 Å². The van der Waals surface area contributed by atoms with Crippen LogP contribution in [0.5, 0.6) is 0 Å². The maximum atomic E-state index is 9.15. The molecule has 3 rings (SSSR count). The number of nitrogens with zero attached hydrogens (tertiary/aromatic N) is 2. The molecule has 1 heterocycles. The normalized spacial score (nSPS) is 18.9. The summed E-state index contributed by atoms with van der Waals surface area (Å²) in [6.45, 7) is 3.08. The van der Waals surface area contributed by atoms with Crippen molar-refractivity contribution in [2.45, 2.75) is 18.9 Å². The minimum atomic E-state index is 0.630. The van der Waals surface area contributed by atoms with E-state index in [4.69, 9.17) is 5.26 Å². The minimum absolute atomic E-state index is 0.630. The fourth-order valence-electron chi connectivity index (χ4n) is 2.98. The molecule has 2 nitrogen and oxygen atoms in total. The van der Waals surface area contributed by atoms with Gasteiger partial charge in [0.2, 0.25) is 0 Å². The van der Waals surface area contributed by atoms with Crippen LogP contribution < -0.4 is 0 Å². The molecule has 100 valence electrons. The SMILES string of the molecule is N#Cc1ccccc1CN1CCC(c2ccccc2)C1. The lowest BCUT2D eigenvalue weighted by Gasteiger charge is -2.17. The van der Waals surface area contributed by atoms with E-state index in [1.54, 1.807) is 0 Å². The van der Waals surface area contributed by atoms with Gasteiger partial charge < -0.3 is 0 Å². The van der Waals surface area contributed by atoms with Gasteiger partial charge in [0.1, 0.15) is 0 Å². The van der Waals surface area contributed by atoms with Crippen LogP contribution in [0.15, 0.2) is 54.6 Å². The van der Waals surface area contributed by atoms with Gasteiger partial charge in [-0.3, -0.25) is 4.90 Å². The number of nitriles is 1. The van der Waals surface area contributed by atoms with Crippen LogP contribution >= 0.6 is 0 Å². The van der Waals surface area contributed by atoms with E-state index in [9.17, 15) is 0 Å². The van der Waals surface area contributed by atoms with Crippen molar-refractivity contribution in [1.29, 1.82) is 5.26 Å². The van der Waals surface area contributed by atoms with E-state index in [-0.39, 0.29) is 0 Å². The quantitative estimate of drug-likeness (QED) is 0.846. The number of likely N-dealkylation sites (tertiary alicyclic amines) is 1. The van der Waals surface area contributed by atoms with E-state index >= 15 is 0 Å². The largest absolute Gasteiger partial charge is 0.298 e. The summed E-state index contributed by atoms with van der Waals surface area (Å²) in [5, 5.41) is 9.15. The Bertz CT molecular complexity index is 613. The van der Waals surface area contributed by atoms with Crippen molar-refractivity contribution >= 4 is 0 Å². The zero-order valence-electron chi connectivity index (χ0n) is 11.5. The lowest BCUT2D eigenvalue weighted by Crippen LogP contribution is -2.20. The number of benzene rings is 2. The molecule has 0 aliphatic carbocycles. The van der Waals surface area contributed by atoms with E-state index < -0.39 is 0 Å². The third-order valence-corrected chi connectivity index (χ3v) is 4.08. The highest BCUT2D eigenvalue weighted by Gasteiger charge is 2.23. The van der Waals surface area contributed by atoms with Gasteiger partial charge in [-0.25, -0.2) is 0 Å². The molecule has 1 unspecified atom stereocenters. The van der Waals surface area contributed by atoms with Crippen LogP contribution in [-0.4, -0.2) is 18.0 Å². The minimum Gasteiger partial charge on any atom is -0.298 e. The average Bonchev–Trinajstić information content (AvgIpc) is 2.97. The topological polar surface area (TPSA) is 27.0 Å². The zero-order valence-corrected chi connectivity index (χ0v) is 11.5. The second-order valence-electron chi connectivity index (χ2n) is 5.40. The number of hydrogen-bond acceptors (Lipinski definition) is 2. The lowest BCUT2D eigenvalue weighted by atomic mass is 9.99. The first kappa shape index (κ1) is 12.9. The monoisotopic (exact) mass is 262 g/mol. The van der Waals surface area contributed by atoms with Crippen molar-refractivity contribution in [3.8, 4) is 6.07 Å². The number of rotatable bonds is 3. The van der Waals surface area contributed by atoms with Crippen LogP contribution in [-0.2, 0) is 6.54 Å². The summed E-state index contributed by atoms with van der Waals surface area (Å²) in [6.07, 6.45) is 1.21. The molecule has 20 heavy (non-hydrogen) atoms. The second kappa shape index (κ2) is 5.90. The molecular weight excluding hydrogens is 244 g/mol. The second-order valence-corrected chi connectivity index (χ2v) is 5.40. The Morgan fingerprint density at radius 3 is 2.60 bits per heavy atom. The van der Waals surface area contributed by atoms with E-state index in [0.717, 1.165) is 30.8 Å². The Hall–Kier alpha value is -2.11. The fraction of sp³-hybridized carbons (Fsp3) is 0.278. The third-order valence-electron chi connectivity index (χ3n) is 4.08. The van der Waals surface area contributed by atoms with Gasteiger partial charge in [0.15, 0.2) is 0 Å².